The molecule has 0 radical (unpaired) electrons. The van der Waals surface area contributed by atoms with Gasteiger partial charge in [-0.25, -0.2) is 4.98 Å². The summed E-state index contributed by atoms with van der Waals surface area (Å²) < 4.78 is 0. The maximum atomic E-state index is 12.2. The highest BCUT2D eigenvalue weighted by Gasteiger charge is 2.31. The van der Waals surface area contributed by atoms with E-state index in [2.05, 4.69) is 40.6 Å². The first kappa shape index (κ1) is 15.1. The lowest BCUT2D eigenvalue weighted by atomic mass is 9.92. The second-order valence-corrected chi connectivity index (χ2v) is 6.95. The van der Waals surface area contributed by atoms with Gasteiger partial charge in [-0.3, -0.25) is 4.79 Å². The predicted octanol–water partition coefficient (Wildman–Crippen LogP) is 4.33. The summed E-state index contributed by atoms with van der Waals surface area (Å²) in [4.78, 5) is 19.2. The molecule has 1 aliphatic heterocycles. The summed E-state index contributed by atoms with van der Waals surface area (Å²) in [7, 11) is 0. The van der Waals surface area contributed by atoms with Crippen LogP contribution in [0.1, 0.15) is 18.1 Å². The van der Waals surface area contributed by atoms with Gasteiger partial charge in [0, 0.05) is 23.9 Å². The summed E-state index contributed by atoms with van der Waals surface area (Å²) in [5, 5.41) is 2.99. The fourth-order valence-electron chi connectivity index (χ4n) is 3.22. The van der Waals surface area contributed by atoms with Crippen LogP contribution >= 0.6 is 11.3 Å². The Morgan fingerprint density at radius 3 is 2.54 bits per heavy atom. The molecule has 2 aromatic carbocycles. The number of ketones is 1. The van der Waals surface area contributed by atoms with Gasteiger partial charge in [0.2, 0.25) is 0 Å². The third-order valence-corrected chi connectivity index (χ3v) is 5.40. The lowest BCUT2D eigenvalue weighted by Gasteiger charge is -2.35. The number of carbonyl (C=O) groups is 1. The molecule has 0 saturated heterocycles. The predicted molar refractivity (Wildman–Crippen MR) is 98.3 cm³/mol. The molecule has 0 aliphatic carbocycles. The van der Waals surface area contributed by atoms with Crippen LogP contribution in [0.25, 0.3) is 11.3 Å². The highest BCUT2D eigenvalue weighted by atomic mass is 32.1. The fraction of sp³-hybridized carbons (Fsp3) is 0.200. The van der Waals surface area contributed by atoms with Crippen LogP contribution in [-0.2, 0) is 17.8 Å². The zero-order chi connectivity index (χ0) is 16.5. The summed E-state index contributed by atoms with van der Waals surface area (Å²) in [6.45, 7) is 2.42. The number of nitrogens with zero attached hydrogens (tertiary/aromatic N) is 2. The Hall–Kier alpha value is -2.46. The van der Waals surface area contributed by atoms with Crippen LogP contribution in [0, 0.1) is 0 Å². The lowest BCUT2D eigenvalue weighted by molar-refractivity contribution is -0.118. The van der Waals surface area contributed by atoms with Crippen molar-refractivity contribution in [1.82, 2.24) is 4.98 Å². The van der Waals surface area contributed by atoms with Crippen molar-refractivity contribution >= 4 is 22.3 Å². The van der Waals surface area contributed by atoms with Gasteiger partial charge in [0.1, 0.15) is 0 Å². The minimum atomic E-state index is -0.130. The number of carbonyl (C=O) groups excluding carboxylic acids is 1. The van der Waals surface area contributed by atoms with Crippen LogP contribution in [0.15, 0.2) is 60.0 Å². The van der Waals surface area contributed by atoms with E-state index in [4.69, 9.17) is 4.98 Å². The quantitative estimate of drug-likeness (QED) is 0.715. The number of benzene rings is 2. The number of aromatic nitrogens is 1. The summed E-state index contributed by atoms with van der Waals surface area (Å²) in [6, 6.07) is 18.4. The Morgan fingerprint density at radius 2 is 1.79 bits per heavy atom. The second kappa shape index (κ2) is 6.21. The second-order valence-electron chi connectivity index (χ2n) is 6.11. The number of hydrogen-bond acceptors (Lipinski definition) is 4. The first-order valence-electron chi connectivity index (χ1n) is 8.07. The highest BCUT2D eigenvalue weighted by Crippen LogP contribution is 2.33. The largest absolute Gasteiger partial charge is 0.333 e. The van der Waals surface area contributed by atoms with E-state index in [0.29, 0.717) is 0 Å². The van der Waals surface area contributed by atoms with Gasteiger partial charge in [-0.15, -0.1) is 11.3 Å². The van der Waals surface area contributed by atoms with Crippen molar-refractivity contribution in [2.75, 3.05) is 4.90 Å². The van der Waals surface area contributed by atoms with E-state index < -0.39 is 0 Å². The lowest BCUT2D eigenvalue weighted by Crippen LogP contribution is -2.44. The van der Waals surface area contributed by atoms with Gasteiger partial charge in [0.25, 0.3) is 0 Å². The minimum Gasteiger partial charge on any atom is -0.333 e. The van der Waals surface area contributed by atoms with Crippen LogP contribution in [-0.4, -0.2) is 16.8 Å². The van der Waals surface area contributed by atoms with E-state index in [1.807, 2.05) is 24.3 Å². The normalized spacial score (nSPS) is 16.7. The first-order valence-corrected chi connectivity index (χ1v) is 8.95. The van der Waals surface area contributed by atoms with E-state index in [0.717, 1.165) is 29.4 Å². The van der Waals surface area contributed by atoms with Gasteiger partial charge in [0.05, 0.1) is 11.7 Å². The van der Waals surface area contributed by atoms with Gasteiger partial charge in [0.15, 0.2) is 10.9 Å². The van der Waals surface area contributed by atoms with E-state index in [-0.39, 0.29) is 11.8 Å². The molecular weight excluding hydrogens is 316 g/mol. The molecule has 0 bridgehead atoms. The molecule has 1 aromatic heterocycles. The molecule has 24 heavy (non-hydrogen) atoms. The molecule has 3 nitrogen and oxygen atoms in total. The molecule has 0 spiro atoms. The molecular formula is C20H18N2OS. The molecule has 120 valence electrons. The Bertz CT molecular complexity index is 872. The van der Waals surface area contributed by atoms with Crippen molar-refractivity contribution in [2.45, 2.75) is 25.9 Å². The van der Waals surface area contributed by atoms with Gasteiger partial charge in [-0.2, -0.15) is 0 Å². The van der Waals surface area contributed by atoms with Crippen LogP contribution in [0.3, 0.4) is 0 Å². The molecule has 4 rings (SSSR count). The molecule has 0 fully saturated rings. The van der Waals surface area contributed by atoms with Crippen molar-refractivity contribution in [3.63, 3.8) is 0 Å². The zero-order valence-corrected chi connectivity index (χ0v) is 14.3. The van der Waals surface area contributed by atoms with Crippen molar-refractivity contribution in [1.29, 1.82) is 0 Å². The molecule has 0 N–H and O–H groups in total. The molecule has 2 heterocycles. The van der Waals surface area contributed by atoms with Crippen LogP contribution in [0.2, 0.25) is 0 Å². The molecule has 4 heteroatoms. The van der Waals surface area contributed by atoms with Crippen molar-refractivity contribution < 1.29 is 4.79 Å². The van der Waals surface area contributed by atoms with Crippen LogP contribution in [0.4, 0.5) is 5.13 Å². The van der Waals surface area contributed by atoms with Crippen molar-refractivity contribution in [2.24, 2.45) is 0 Å². The third kappa shape index (κ3) is 2.74. The smallest absolute Gasteiger partial charge is 0.186 e. The van der Waals surface area contributed by atoms with Gasteiger partial charge < -0.3 is 4.90 Å². The Morgan fingerprint density at radius 1 is 1.08 bits per heavy atom. The number of hydrogen-bond donors (Lipinski definition) is 0. The van der Waals surface area contributed by atoms with Crippen molar-refractivity contribution in [3.05, 3.63) is 71.1 Å². The first-order chi connectivity index (χ1) is 11.7. The SMILES string of the molecule is CC(=O)C1Cc2ccccc2CN1c1nc(-c2ccccc2)cs1. The van der Waals surface area contributed by atoms with E-state index in [9.17, 15) is 4.79 Å². The van der Waals surface area contributed by atoms with E-state index in [1.165, 1.54) is 11.1 Å². The van der Waals surface area contributed by atoms with Gasteiger partial charge in [-0.05, 0) is 18.1 Å². The Kier molecular flexibility index (Phi) is 3.90. The average Bonchev–Trinajstić information content (AvgIpc) is 3.11. The third-order valence-electron chi connectivity index (χ3n) is 4.53. The number of thiazole rings is 1. The van der Waals surface area contributed by atoms with E-state index >= 15 is 0 Å². The Balaban J connectivity index is 1.70. The van der Waals surface area contributed by atoms with Gasteiger partial charge >= 0.3 is 0 Å². The van der Waals surface area contributed by atoms with Crippen LogP contribution < -0.4 is 4.90 Å². The number of Topliss-reactive ketones (excluding diaryl/α,β-unsaturated/α-hetero) is 1. The Labute approximate surface area is 145 Å². The monoisotopic (exact) mass is 334 g/mol. The summed E-state index contributed by atoms with van der Waals surface area (Å²) in [5.41, 5.74) is 4.63. The zero-order valence-electron chi connectivity index (χ0n) is 13.5. The molecule has 1 aliphatic rings. The molecule has 0 amide bonds. The molecule has 0 saturated carbocycles. The number of fused-ring (bicyclic) bond motifs is 1. The maximum Gasteiger partial charge on any atom is 0.186 e. The fourth-order valence-corrected chi connectivity index (χ4v) is 4.11. The molecule has 3 aromatic rings. The average molecular weight is 334 g/mol. The minimum absolute atomic E-state index is 0.130. The molecule has 1 atom stereocenters. The summed E-state index contributed by atoms with van der Waals surface area (Å²) >= 11 is 1.61. The number of rotatable bonds is 3. The van der Waals surface area contributed by atoms with Crippen LogP contribution in [0.5, 0.6) is 0 Å². The highest BCUT2D eigenvalue weighted by molar-refractivity contribution is 7.14. The summed E-state index contributed by atoms with van der Waals surface area (Å²) in [5.74, 6) is 0.195. The van der Waals surface area contributed by atoms with Gasteiger partial charge in [-0.1, -0.05) is 54.6 Å². The summed E-state index contributed by atoms with van der Waals surface area (Å²) in [6.07, 6.45) is 0.756. The van der Waals surface area contributed by atoms with Crippen molar-refractivity contribution in [3.8, 4) is 11.3 Å². The maximum absolute atomic E-state index is 12.2. The standard InChI is InChI=1S/C20H18N2OS/c1-14(23)19-11-16-9-5-6-10-17(16)12-22(19)20-21-18(13-24-20)15-7-3-2-4-8-15/h2-10,13,19H,11-12H2,1H3. The topological polar surface area (TPSA) is 33.2 Å². The number of anilines is 1. The molecule has 1 unspecified atom stereocenters. The van der Waals surface area contributed by atoms with E-state index in [1.54, 1.807) is 18.3 Å².